The van der Waals surface area contributed by atoms with Crippen LogP contribution < -0.4 is 11.1 Å². The minimum Gasteiger partial charge on any atom is -0.369 e. The average Bonchev–Trinajstić information content (AvgIpc) is 2.12. The molecule has 0 bridgehead atoms. The highest BCUT2D eigenvalue weighted by atomic mass is 16.1. The summed E-state index contributed by atoms with van der Waals surface area (Å²) in [5, 5.41) is 11.7. The quantitative estimate of drug-likeness (QED) is 0.660. The van der Waals surface area contributed by atoms with Crippen LogP contribution in [-0.2, 0) is 4.79 Å². The van der Waals surface area contributed by atoms with Gasteiger partial charge in [-0.15, -0.1) is 0 Å². The van der Waals surface area contributed by atoms with E-state index in [0.717, 1.165) is 6.42 Å². The van der Waals surface area contributed by atoms with E-state index in [4.69, 9.17) is 11.0 Å². The van der Waals surface area contributed by atoms with Crippen LogP contribution in [0, 0.1) is 16.7 Å². The minimum atomic E-state index is -0.553. The van der Waals surface area contributed by atoms with E-state index in [9.17, 15) is 4.79 Å². The highest BCUT2D eigenvalue weighted by Gasteiger charge is 2.25. The van der Waals surface area contributed by atoms with Crippen LogP contribution in [0.15, 0.2) is 0 Å². The Bertz CT molecular complexity index is 230. The van der Waals surface area contributed by atoms with Crippen molar-refractivity contribution in [3.05, 3.63) is 0 Å². The fraction of sp³-hybridized carbons (Fsp3) is 0.800. The van der Waals surface area contributed by atoms with Crippen molar-refractivity contribution in [2.75, 3.05) is 6.54 Å². The molecule has 0 aliphatic heterocycles. The standard InChI is InChI=1S/C10H19N3O/c1-4-8(5-6-11)13-7-10(2,3)9(12)14/h8,13H,4-5,7H2,1-3H3,(H2,12,14). The van der Waals surface area contributed by atoms with Crippen LogP contribution in [0.1, 0.15) is 33.6 Å². The Morgan fingerprint density at radius 3 is 2.57 bits per heavy atom. The molecule has 0 aliphatic carbocycles. The fourth-order valence-corrected chi connectivity index (χ4v) is 0.958. The second kappa shape index (κ2) is 5.61. The Hall–Kier alpha value is -1.08. The smallest absolute Gasteiger partial charge is 0.224 e. The molecule has 0 rings (SSSR count). The molecule has 4 nitrogen and oxygen atoms in total. The molecule has 0 aromatic heterocycles. The first-order valence-electron chi connectivity index (χ1n) is 4.84. The largest absolute Gasteiger partial charge is 0.369 e. The third-order valence-corrected chi connectivity index (χ3v) is 2.33. The van der Waals surface area contributed by atoms with Crippen molar-refractivity contribution < 1.29 is 4.79 Å². The van der Waals surface area contributed by atoms with Crippen LogP contribution in [0.25, 0.3) is 0 Å². The Kier molecular flexibility index (Phi) is 5.18. The Labute approximate surface area is 85.5 Å². The van der Waals surface area contributed by atoms with Gasteiger partial charge in [-0.05, 0) is 20.3 Å². The Morgan fingerprint density at radius 2 is 2.21 bits per heavy atom. The first-order chi connectivity index (χ1) is 6.44. The predicted molar refractivity (Wildman–Crippen MR) is 55.3 cm³/mol. The van der Waals surface area contributed by atoms with Crippen LogP contribution in [-0.4, -0.2) is 18.5 Å². The van der Waals surface area contributed by atoms with Gasteiger partial charge in [-0.2, -0.15) is 5.26 Å². The lowest BCUT2D eigenvalue weighted by atomic mass is 9.92. The first kappa shape index (κ1) is 12.9. The lowest BCUT2D eigenvalue weighted by Crippen LogP contribution is -2.43. The molecule has 80 valence electrons. The molecule has 0 radical (unpaired) electrons. The van der Waals surface area contributed by atoms with Crippen LogP contribution in [0.5, 0.6) is 0 Å². The third-order valence-electron chi connectivity index (χ3n) is 2.33. The van der Waals surface area contributed by atoms with Crippen molar-refractivity contribution in [1.82, 2.24) is 5.32 Å². The molecule has 0 aromatic carbocycles. The Balaban J connectivity index is 4.03. The van der Waals surface area contributed by atoms with Crippen molar-refractivity contribution in [3.8, 4) is 6.07 Å². The molecule has 0 spiro atoms. The summed E-state index contributed by atoms with van der Waals surface area (Å²) in [7, 11) is 0. The van der Waals surface area contributed by atoms with Crippen molar-refractivity contribution in [2.24, 2.45) is 11.1 Å². The average molecular weight is 197 g/mol. The molecular weight excluding hydrogens is 178 g/mol. The van der Waals surface area contributed by atoms with Crippen molar-refractivity contribution >= 4 is 5.91 Å². The number of rotatable bonds is 6. The second-order valence-corrected chi connectivity index (χ2v) is 4.10. The maximum Gasteiger partial charge on any atom is 0.224 e. The molecule has 1 amide bonds. The van der Waals surface area contributed by atoms with Gasteiger partial charge < -0.3 is 11.1 Å². The molecule has 0 saturated carbocycles. The van der Waals surface area contributed by atoms with Crippen molar-refractivity contribution in [1.29, 1.82) is 5.26 Å². The molecule has 0 saturated heterocycles. The van der Waals surface area contributed by atoms with E-state index in [1.807, 2.05) is 6.92 Å². The van der Waals surface area contributed by atoms with Crippen LogP contribution in [0.3, 0.4) is 0 Å². The van der Waals surface area contributed by atoms with Crippen LogP contribution in [0.4, 0.5) is 0 Å². The number of nitrogens with one attached hydrogen (secondary N) is 1. The third kappa shape index (κ3) is 4.24. The van der Waals surface area contributed by atoms with E-state index >= 15 is 0 Å². The van der Waals surface area contributed by atoms with Gasteiger partial charge in [0.1, 0.15) is 0 Å². The minimum absolute atomic E-state index is 0.152. The van der Waals surface area contributed by atoms with E-state index in [1.54, 1.807) is 13.8 Å². The van der Waals surface area contributed by atoms with Gasteiger partial charge in [-0.3, -0.25) is 4.79 Å². The molecule has 4 heteroatoms. The molecule has 3 N–H and O–H groups in total. The van der Waals surface area contributed by atoms with Gasteiger partial charge >= 0.3 is 0 Å². The molecule has 0 aromatic rings. The molecule has 0 heterocycles. The number of primary amides is 1. The monoisotopic (exact) mass is 197 g/mol. The van der Waals surface area contributed by atoms with E-state index in [-0.39, 0.29) is 11.9 Å². The maximum atomic E-state index is 11.0. The number of amides is 1. The Morgan fingerprint density at radius 1 is 1.64 bits per heavy atom. The number of carbonyl (C=O) groups excluding carboxylic acids is 1. The number of hydrogen-bond donors (Lipinski definition) is 2. The van der Waals surface area contributed by atoms with Gasteiger partial charge in [-0.1, -0.05) is 6.92 Å². The van der Waals surface area contributed by atoms with E-state index in [0.29, 0.717) is 13.0 Å². The zero-order chi connectivity index (χ0) is 11.2. The summed E-state index contributed by atoms with van der Waals surface area (Å²) < 4.78 is 0. The van der Waals surface area contributed by atoms with Gasteiger partial charge in [0.25, 0.3) is 0 Å². The SMILES string of the molecule is CCC(CC#N)NCC(C)(C)C(N)=O. The molecule has 1 atom stereocenters. The summed E-state index contributed by atoms with van der Waals surface area (Å²) >= 11 is 0. The normalized spacial score (nSPS) is 13.3. The maximum absolute atomic E-state index is 11.0. The zero-order valence-corrected chi connectivity index (χ0v) is 9.13. The molecule has 0 aliphatic rings. The van der Waals surface area contributed by atoms with Crippen LogP contribution >= 0.6 is 0 Å². The van der Waals surface area contributed by atoms with Gasteiger partial charge in [0, 0.05) is 12.6 Å². The van der Waals surface area contributed by atoms with Crippen molar-refractivity contribution in [3.63, 3.8) is 0 Å². The second-order valence-electron chi connectivity index (χ2n) is 4.10. The van der Waals surface area contributed by atoms with Gasteiger partial charge in [0.05, 0.1) is 17.9 Å². The molecule has 14 heavy (non-hydrogen) atoms. The number of nitrogens with zero attached hydrogens (tertiary/aromatic N) is 1. The topological polar surface area (TPSA) is 78.9 Å². The predicted octanol–water partition coefficient (Wildman–Crippen LogP) is 0.780. The van der Waals surface area contributed by atoms with E-state index in [1.165, 1.54) is 0 Å². The summed E-state index contributed by atoms with van der Waals surface area (Å²) in [6.07, 6.45) is 1.34. The summed E-state index contributed by atoms with van der Waals surface area (Å²) in [6, 6.07) is 2.26. The number of nitrogens with two attached hydrogens (primary N) is 1. The van der Waals surface area contributed by atoms with Gasteiger partial charge in [0.15, 0.2) is 0 Å². The van der Waals surface area contributed by atoms with Crippen molar-refractivity contribution in [2.45, 2.75) is 39.7 Å². The highest BCUT2D eigenvalue weighted by Crippen LogP contribution is 2.12. The summed E-state index contributed by atoms with van der Waals surface area (Å²) in [6.45, 7) is 6.11. The summed E-state index contributed by atoms with van der Waals surface area (Å²) in [5.74, 6) is -0.322. The highest BCUT2D eigenvalue weighted by molar-refractivity contribution is 5.80. The summed E-state index contributed by atoms with van der Waals surface area (Å²) in [4.78, 5) is 11.0. The fourth-order valence-electron chi connectivity index (χ4n) is 0.958. The number of hydrogen-bond acceptors (Lipinski definition) is 3. The summed E-state index contributed by atoms with van der Waals surface area (Å²) in [5.41, 5.74) is 4.68. The van der Waals surface area contributed by atoms with Crippen LogP contribution in [0.2, 0.25) is 0 Å². The van der Waals surface area contributed by atoms with E-state index < -0.39 is 5.41 Å². The number of nitriles is 1. The van der Waals surface area contributed by atoms with E-state index in [2.05, 4.69) is 11.4 Å². The lowest BCUT2D eigenvalue weighted by Gasteiger charge is -2.24. The zero-order valence-electron chi connectivity index (χ0n) is 9.13. The lowest BCUT2D eigenvalue weighted by molar-refractivity contribution is -0.125. The molecule has 0 fully saturated rings. The number of carbonyl (C=O) groups is 1. The first-order valence-corrected chi connectivity index (χ1v) is 4.84. The van der Waals surface area contributed by atoms with Gasteiger partial charge in [0.2, 0.25) is 5.91 Å². The van der Waals surface area contributed by atoms with Gasteiger partial charge in [-0.25, -0.2) is 0 Å². The molecular formula is C10H19N3O. The molecule has 1 unspecified atom stereocenters.